The van der Waals surface area contributed by atoms with Gasteiger partial charge < -0.3 is 10.5 Å². The lowest BCUT2D eigenvalue weighted by molar-refractivity contribution is 0.413. The van der Waals surface area contributed by atoms with Crippen molar-refractivity contribution in [1.29, 1.82) is 5.26 Å². The summed E-state index contributed by atoms with van der Waals surface area (Å²) in [5, 5.41) is 9.92. The van der Waals surface area contributed by atoms with Gasteiger partial charge in [-0.3, -0.25) is 0 Å². The Morgan fingerprint density at radius 3 is 2.50 bits per heavy atom. The summed E-state index contributed by atoms with van der Waals surface area (Å²) in [7, 11) is 1.55. The van der Waals surface area contributed by atoms with E-state index in [1.54, 1.807) is 25.3 Å². The molecule has 0 unspecified atom stereocenters. The minimum absolute atomic E-state index is 0.345. The van der Waals surface area contributed by atoms with Crippen molar-refractivity contribution in [2.75, 3.05) is 7.11 Å². The second kappa shape index (κ2) is 6.14. The molecule has 20 heavy (non-hydrogen) atoms. The quantitative estimate of drug-likeness (QED) is 0.690. The van der Waals surface area contributed by atoms with Gasteiger partial charge in [-0.15, -0.1) is 0 Å². The maximum Gasteiger partial charge on any atom is 0.128 e. The molecule has 0 saturated heterocycles. The standard InChI is InChI=1S/C16H13ClN2O/c1-20-15-8-7-12(17)9-13(15)16(19)14(10-18)11-5-3-2-4-6-11/h2-9H,19H2,1H3/b16-14+. The topological polar surface area (TPSA) is 59.0 Å². The molecule has 0 amide bonds. The SMILES string of the molecule is COc1ccc(Cl)cc1/C(N)=C(/C#N)c1ccccc1. The van der Waals surface area contributed by atoms with Crippen LogP contribution < -0.4 is 10.5 Å². The van der Waals surface area contributed by atoms with Gasteiger partial charge in [0.1, 0.15) is 11.8 Å². The van der Waals surface area contributed by atoms with Crippen LogP contribution in [0, 0.1) is 11.3 Å². The van der Waals surface area contributed by atoms with E-state index in [2.05, 4.69) is 6.07 Å². The summed E-state index contributed by atoms with van der Waals surface area (Å²) < 4.78 is 5.27. The molecule has 0 bridgehead atoms. The Kier molecular flexibility index (Phi) is 4.29. The molecule has 0 atom stereocenters. The molecule has 0 fully saturated rings. The van der Waals surface area contributed by atoms with Gasteiger partial charge >= 0.3 is 0 Å². The predicted octanol–water partition coefficient (Wildman–Crippen LogP) is 3.70. The first-order valence-corrected chi connectivity index (χ1v) is 6.34. The van der Waals surface area contributed by atoms with Crippen LogP contribution in [0.1, 0.15) is 11.1 Å². The van der Waals surface area contributed by atoms with Gasteiger partial charge in [0.2, 0.25) is 0 Å². The Hall–Kier alpha value is -2.44. The number of halogens is 1. The van der Waals surface area contributed by atoms with E-state index in [4.69, 9.17) is 22.1 Å². The predicted molar refractivity (Wildman–Crippen MR) is 81.1 cm³/mol. The van der Waals surface area contributed by atoms with Crippen LogP contribution in [-0.4, -0.2) is 7.11 Å². The lowest BCUT2D eigenvalue weighted by Gasteiger charge is -2.11. The summed E-state index contributed by atoms with van der Waals surface area (Å²) in [4.78, 5) is 0. The van der Waals surface area contributed by atoms with Gasteiger partial charge in [-0.2, -0.15) is 5.26 Å². The fraction of sp³-hybridized carbons (Fsp3) is 0.0625. The zero-order chi connectivity index (χ0) is 14.5. The molecule has 0 heterocycles. The third-order valence-electron chi connectivity index (χ3n) is 2.90. The molecule has 2 N–H and O–H groups in total. The Morgan fingerprint density at radius 2 is 1.90 bits per heavy atom. The molecule has 2 aromatic carbocycles. The van der Waals surface area contributed by atoms with E-state index in [9.17, 15) is 5.26 Å². The molecule has 4 heteroatoms. The summed E-state index contributed by atoms with van der Waals surface area (Å²) in [5.41, 5.74) is 8.26. The van der Waals surface area contributed by atoms with Crippen LogP contribution >= 0.6 is 11.6 Å². The number of hydrogen-bond acceptors (Lipinski definition) is 3. The van der Waals surface area contributed by atoms with Crippen molar-refractivity contribution in [2.24, 2.45) is 5.73 Å². The molecule has 0 aliphatic heterocycles. The smallest absolute Gasteiger partial charge is 0.128 e. The maximum absolute atomic E-state index is 9.38. The first kappa shape index (κ1) is 14.0. The molecule has 0 aliphatic rings. The van der Waals surface area contributed by atoms with E-state index in [0.29, 0.717) is 27.6 Å². The van der Waals surface area contributed by atoms with E-state index in [-0.39, 0.29) is 0 Å². The monoisotopic (exact) mass is 284 g/mol. The van der Waals surface area contributed by atoms with E-state index in [0.717, 1.165) is 5.56 Å². The summed E-state index contributed by atoms with van der Waals surface area (Å²) >= 11 is 6.00. The van der Waals surface area contributed by atoms with Gasteiger partial charge in [0.05, 0.1) is 18.4 Å². The highest BCUT2D eigenvalue weighted by Crippen LogP contribution is 2.30. The van der Waals surface area contributed by atoms with Crippen LogP contribution in [0.15, 0.2) is 48.5 Å². The number of nitrogens with zero attached hydrogens (tertiary/aromatic N) is 1. The van der Waals surface area contributed by atoms with Crippen LogP contribution in [0.3, 0.4) is 0 Å². The Morgan fingerprint density at radius 1 is 1.20 bits per heavy atom. The summed E-state index contributed by atoms with van der Waals surface area (Å²) in [6.07, 6.45) is 0. The lowest BCUT2D eigenvalue weighted by Crippen LogP contribution is -2.03. The number of rotatable bonds is 3. The normalized spacial score (nSPS) is 11.4. The van der Waals surface area contributed by atoms with Crippen molar-refractivity contribution in [3.63, 3.8) is 0 Å². The molecule has 0 radical (unpaired) electrons. The van der Waals surface area contributed by atoms with Crippen LogP contribution in [0.4, 0.5) is 0 Å². The van der Waals surface area contributed by atoms with E-state index in [1.807, 2.05) is 30.3 Å². The third-order valence-corrected chi connectivity index (χ3v) is 3.13. The molecular weight excluding hydrogens is 272 g/mol. The first-order valence-electron chi connectivity index (χ1n) is 5.96. The van der Waals surface area contributed by atoms with Crippen molar-refractivity contribution in [1.82, 2.24) is 0 Å². The Balaban J connectivity index is 2.64. The number of nitriles is 1. The van der Waals surface area contributed by atoms with Crippen LogP contribution in [-0.2, 0) is 0 Å². The molecule has 0 aliphatic carbocycles. The number of ether oxygens (including phenoxy) is 1. The first-order chi connectivity index (χ1) is 9.67. The molecule has 100 valence electrons. The fourth-order valence-corrected chi connectivity index (χ4v) is 2.08. The maximum atomic E-state index is 9.38. The van der Waals surface area contributed by atoms with Crippen molar-refractivity contribution in [3.8, 4) is 11.8 Å². The summed E-state index contributed by atoms with van der Waals surface area (Å²) in [6.45, 7) is 0. The van der Waals surface area contributed by atoms with Crippen molar-refractivity contribution in [2.45, 2.75) is 0 Å². The average molecular weight is 285 g/mol. The van der Waals surface area contributed by atoms with E-state index < -0.39 is 0 Å². The minimum atomic E-state index is 0.345. The second-order valence-electron chi connectivity index (χ2n) is 4.11. The van der Waals surface area contributed by atoms with Gasteiger partial charge in [-0.05, 0) is 23.8 Å². The van der Waals surface area contributed by atoms with Crippen LogP contribution in [0.25, 0.3) is 11.3 Å². The van der Waals surface area contributed by atoms with Crippen molar-refractivity contribution < 1.29 is 4.74 Å². The van der Waals surface area contributed by atoms with Gasteiger partial charge in [0.25, 0.3) is 0 Å². The summed E-state index contributed by atoms with van der Waals surface area (Å²) in [6, 6.07) is 16.5. The highest BCUT2D eigenvalue weighted by atomic mass is 35.5. The Bertz CT molecular complexity index is 687. The molecule has 0 saturated carbocycles. The lowest BCUT2D eigenvalue weighted by atomic mass is 10.0. The minimum Gasteiger partial charge on any atom is -0.496 e. The number of hydrogen-bond donors (Lipinski definition) is 1. The van der Waals surface area contributed by atoms with E-state index >= 15 is 0 Å². The Labute approximate surface area is 122 Å². The second-order valence-corrected chi connectivity index (χ2v) is 4.55. The number of nitrogens with two attached hydrogens (primary N) is 1. The molecular formula is C16H13ClN2O. The van der Waals surface area contributed by atoms with Crippen molar-refractivity contribution >= 4 is 22.9 Å². The number of allylic oxidation sites excluding steroid dienone is 1. The largest absolute Gasteiger partial charge is 0.496 e. The molecule has 2 aromatic rings. The van der Waals surface area contributed by atoms with Crippen LogP contribution in [0.2, 0.25) is 5.02 Å². The summed E-state index contributed by atoms with van der Waals surface area (Å²) in [5.74, 6) is 0.579. The highest BCUT2D eigenvalue weighted by molar-refractivity contribution is 6.30. The third kappa shape index (κ3) is 2.76. The van der Waals surface area contributed by atoms with Crippen LogP contribution in [0.5, 0.6) is 5.75 Å². The number of methoxy groups -OCH3 is 1. The van der Waals surface area contributed by atoms with Gasteiger partial charge in [0, 0.05) is 10.6 Å². The zero-order valence-corrected chi connectivity index (χ0v) is 11.7. The fourth-order valence-electron chi connectivity index (χ4n) is 1.91. The molecule has 3 nitrogen and oxygen atoms in total. The van der Waals surface area contributed by atoms with Gasteiger partial charge in [-0.25, -0.2) is 0 Å². The highest BCUT2D eigenvalue weighted by Gasteiger charge is 2.13. The average Bonchev–Trinajstić information content (AvgIpc) is 2.49. The van der Waals surface area contributed by atoms with Crippen molar-refractivity contribution in [3.05, 3.63) is 64.7 Å². The van der Waals surface area contributed by atoms with Gasteiger partial charge in [0.15, 0.2) is 0 Å². The molecule has 0 spiro atoms. The van der Waals surface area contributed by atoms with Gasteiger partial charge in [-0.1, -0.05) is 41.9 Å². The van der Waals surface area contributed by atoms with E-state index in [1.165, 1.54) is 0 Å². The zero-order valence-electron chi connectivity index (χ0n) is 10.9. The number of benzene rings is 2. The molecule has 2 rings (SSSR count). The molecule has 0 aromatic heterocycles.